The Bertz CT molecular complexity index is 963. The molecule has 0 bridgehead atoms. The lowest BCUT2D eigenvalue weighted by Gasteiger charge is -2.23. The van der Waals surface area contributed by atoms with E-state index in [-0.39, 0.29) is 23.4 Å². The predicted molar refractivity (Wildman–Crippen MR) is 113 cm³/mol. The van der Waals surface area contributed by atoms with Gasteiger partial charge in [0.1, 0.15) is 0 Å². The summed E-state index contributed by atoms with van der Waals surface area (Å²) in [4.78, 5) is 27.0. The molecule has 1 N–H and O–H groups in total. The highest BCUT2D eigenvalue weighted by Gasteiger charge is 2.18. The van der Waals surface area contributed by atoms with Gasteiger partial charge < -0.3 is 10.2 Å². The van der Waals surface area contributed by atoms with Crippen molar-refractivity contribution in [2.45, 2.75) is 0 Å². The lowest BCUT2D eigenvalue weighted by Crippen LogP contribution is -2.38. The van der Waals surface area contributed by atoms with Crippen LogP contribution in [0.4, 0.5) is 5.69 Å². The number of nitrogens with zero attached hydrogens (tertiary/aromatic N) is 1. The van der Waals surface area contributed by atoms with Gasteiger partial charge in [0.15, 0.2) is 0 Å². The van der Waals surface area contributed by atoms with Crippen molar-refractivity contribution in [2.75, 3.05) is 18.0 Å². The Morgan fingerprint density at radius 1 is 0.857 bits per heavy atom. The van der Waals surface area contributed by atoms with Crippen LogP contribution in [0.2, 0.25) is 10.0 Å². The van der Waals surface area contributed by atoms with E-state index in [1.807, 2.05) is 48.5 Å². The molecule has 4 nitrogen and oxygen atoms in total. The molecular weight excluding hydrogens is 395 g/mol. The predicted octanol–water partition coefficient (Wildman–Crippen LogP) is 5.07. The van der Waals surface area contributed by atoms with E-state index in [0.29, 0.717) is 22.7 Å². The molecule has 3 rings (SSSR count). The van der Waals surface area contributed by atoms with Gasteiger partial charge in [-0.25, -0.2) is 0 Å². The standard InChI is InChI=1S/C22H18Cl2N2O2/c23-17-11-12-19(20(24)15-17)21(27)25-13-14-26(18-9-5-2-6-10-18)22(28)16-7-3-1-4-8-16/h1-12,15H,13-14H2,(H,25,27). The first kappa shape index (κ1) is 19.9. The second kappa shape index (κ2) is 9.40. The molecule has 142 valence electrons. The Balaban J connectivity index is 1.72. The number of anilines is 1. The van der Waals surface area contributed by atoms with Gasteiger partial charge in [-0.05, 0) is 42.5 Å². The van der Waals surface area contributed by atoms with E-state index in [9.17, 15) is 9.59 Å². The number of para-hydroxylation sites is 1. The van der Waals surface area contributed by atoms with Crippen LogP contribution >= 0.6 is 23.2 Å². The molecule has 3 aromatic carbocycles. The maximum Gasteiger partial charge on any atom is 0.258 e. The number of hydrogen-bond donors (Lipinski definition) is 1. The van der Waals surface area contributed by atoms with Crippen molar-refractivity contribution in [3.8, 4) is 0 Å². The minimum absolute atomic E-state index is 0.134. The fourth-order valence-corrected chi connectivity index (χ4v) is 3.24. The van der Waals surface area contributed by atoms with Crippen LogP contribution in [0.15, 0.2) is 78.9 Å². The third-order valence-corrected chi connectivity index (χ3v) is 4.68. The highest BCUT2D eigenvalue weighted by atomic mass is 35.5. The highest BCUT2D eigenvalue weighted by molar-refractivity contribution is 6.36. The molecule has 0 aliphatic rings. The van der Waals surface area contributed by atoms with E-state index in [4.69, 9.17) is 23.2 Å². The molecule has 0 aromatic heterocycles. The first-order valence-electron chi connectivity index (χ1n) is 8.71. The number of halogens is 2. The van der Waals surface area contributed by atoms with E-state index < -0.39 is 0 Å². The first-order valence-corrected chi connectivity index (χ1v) is 9.47. The summed E-state index contributed by atoms with van der Waals surface area (Å²) in [5.74, 6) is -0.451. The normalized spacial score (nSPS) is 10.4. The van der Waals surface area contributed by atoms with Gasteiger partial charge in [-0.2, -0.15) is 0 Å². The van der Waals surface area contributed by atoms with Crippen LogP contribution in [0.25, 0.3) is 0 Å². The number of hydrogen-bond acceptors (Lipinski definition) is 2. The molecule has 0 fully saturated rings. The molecule has 0 unspecified atom stereocenters. The number of benzene rings is 3. The molecule has 0 radical (unpaired) electrons. The second-order valence-corrected chi connectivity index (χ2v) is 6.88. The molecule has 0 aliphatic carbocycles. The van der Waals surface area contributed by atoms with Crippen LogP contribution in [0.3, 0.4) is 0 Å². The van der Waals surface area contributed by atoms with Crippen molar-refractivity contribution in [3.63, 3.8) is 0 Å². The van der Waals surface area contributed by atoms with Crippen LogP contribution in [0.1, 0.15) is 20.7 Å². The van der Waals surface area contributed by atoms with Crippen molar-refractivity contribution >= 4 is 40.7 Å². The van der Waals surface area contributed by atoms with Gasteiger partial charge >= 0.3 is 0 Å². The molecule has 2 amide bonds. The van der Waals surface area contributed by atoms with Crippen molar-refractivity contribution in [3.05, 3.63) is 100 Å². The van der Waals surface area contributed by atoms with E-state index in [1.165, 1.54) is 6.07 Å². The summed E-state index contributed by atoms with van der Waals surface area (Å²) < 4.78 is 0. The SMILES string of the molecule is O=C(NCCN(C(=O)c1ccccc1)c1ccccc1)c1ccc(Cl)cc1Cl. The van der Waals surface area contributed by atoms with Gasteiger partial charge in [0.25, 0.3) is 11.8 Å². The monoisotopic (exact) mass is 412 g/mol. The van der Waals surface area contributed by atoms with Gasteiger partial charge in [0, 0.05) is 29.4 Å². The minimum atomic E-state index is -0.318. The Morgan fingerprint density at radius 2 is 1.50 bits per heavy atom. The lowest BCUT2D eigenvalue weighted by molar-refractivity contribution is 0.0943. The summed E-state index contributed by atoms with van der Waals surface area (Å²) in [5, 5.41) is 3.55. The number of nitrogens with one attached hydrogen (secondary N) is 1. The fraction of sp³-hybridized carbons (Fsp3) is 0.0909. The molecule has 0 aliphatic heterocycles. The smallest absolute Gasteiger partial charge is 0.258 e. The van der Waals surface area contributed by atoms with Crippen molar-refractivity contribution in [2.24, 2.45) is 0 Å². The molecule has 0 atom stereocenters. The van der Waals surface area contributed by atoms with Gasteiger partial charge in [-0.15, -0.1) is 0 Å². The van der Waals surface area contributed by atoms with Crippen LogP contribution in [-0.4, -0.2) is 24.9 Å². The van der Waals surface area contributed by atoms with E-state index in [1.54, 1.807) is 29.2 Å². The minimum Gasteiger partial charge on any atom is -0.350 e. The van der Waals surface area contributed by atoms with Gasteiger partial charge in [-0.3, -0.25) is 9.59 Å². The second-order valence-electron chi connectivity index (χ2n) is 6.04. The molecule has 3 aromatic rings. The van der Waals surface area contributed by atoms with Gasteiger partial charge in [0.2, 0.25) is 0 Å². The Hall–Kier alpha value is -2.82. The van der Waals surface area contributed by atoms with Crippen LogP contribution < -0.4 is 10.2 Å². The van der Waals surface area contributed by atoms with Gasteiger partial charge in [0.05, 0.1) is 10.6 Å². The summed E-state index contributed by atoms with van der Waals surface area (Å²) >= 11 is 12.0. The number of carbonyl (C=O) groups is 2. The quantitative estimate of drug-likeness (QED) is 0.614. The third-order valence-electron chi connectivity index (χ3n) is 4.13. The number of amides is 2. The van der Waals surface area contributed by atoms with Crippen molar-refractivity contribution < 1.29 is 9.59 Å². The summed E-state index contributed by atoms with van der Waals surface area (Å²) in [6.45, 7) is 0.583. The summed E-state index contributed by atoms with van der Waals surface area (Å²) in [5.41, 5.74) is 1.68. The molecule has 0 heterocycles. The summed E-state index contributed by atoms with van der Waals surface area (Å²) in [6, 6.07) is 23.1. The average Bonchev–Trinajstić information content (AvgIpc) is 2.72. The van der Waals surface area contributed by atoms with E-state index >= 15 is 0 Å². The molecule has 0 saturated carbocycles. The zero-order valence-corrected chi connectivity index (χ0v) is 16.5. The zero-order valence-electron chi connectivity index (χ0n) is 14.9. The van der Waals surface area contributed by atoms with Crippen LogP contribution in [-0.2, 0) is 0 Å². The highest BCUT2D eigenvalue weighted by Crippen LogP contribution is 2.21. The maximum absolute atomic E-state index is 13.0. The molecule has 0 saturated heterocycles. The topological polar surface area (TPSA) is 49.4 Å². The molecule has 28 heavy (non-hydrogen) atoms. The Labute approximate surface area is 173 Å². The first-order chi connectivity index (χ1) is 13.6. The van der Waals surface area contributed by atoms with Crippen molar-refractivity contribution in [1.29, 1.82) is 0 Å². The zero-order chi connectivity index (χ0) is 19.9. The molecular formula is C22H18Cl2N2O2. The van der Waals surface area contributed by atoms with Crippen molar-refractivity contribution in [1.82, 2.24) is 5.32 Å². The summed E-state index contributed by atoms with van der Waals surface area (Å²) in [6.07, 6.45) is 0. The Kier molecular flexibility index (Phi) is 6.69. The largest absolute Gasteiger partial charge is 0.350 e. The maximum atomic E-state index is 13.0. The molecule has 0 spiro atoms. The van der Waals surface area contributed by atoms with E-state index in [0.717, 1.165) is 5.69 Å². The molecule has 6 heteroatoms. The average molecular weight is 413 g/mol. The Morgan fingerprint density at radius 3 is 2.14 bits per heavy atom. The summed E-state index contributed by atoms with van der Waals surface area (Å²) in [7, 11) is 0. The van der Waals surface area contributed by atoms with E-state index in [2.05, 4.69) is 5.32 Å². The van der Waals surface area contributed by atoms with Gasteiger partial charge in [-0.1, -0.05) is 59.6 Å². The van der Waals surface area contributed by atoms with Crippen LogP contribution in [0.5, 0.6) is 0 Å². The number of rotatable bonds is 6. The van der Waals surface area contributed by atoms with Crippen LogP contribution in [0, 0.1) is 0 Å². The lowest BCUT2D eigenvalue weighted by atomic mass is 10.1. The third kappa shape index (κ3) is 4.91. The number of carbonyl (C=O) groups excluding carboxylic acids is 2. The fourth-order valence-electron chi connectivity index (χ4n) is 2.74.